The van der Waals surface area contributed by atoms with Crippen molar-refractivity contribution in [3.05, 3.63) is 80.1 Å². The third kappa shape index (κ3) is 3.65. The molecule has 142 valence electrons. The molecule has 0 saturated carbocycles. The predicted molar refractivity (Wildman–Crippen MR) is 110 cm³/mol. The number of nitrogens with zero attached hydrogens (tertiary/aromatic N) is 3. The van der Waals surface area contributed by atoms with E-state index in [0.29, 0.717) is 37.9 Å². The van der Waals surface area contributed by atoms with Crippen LogP contribution >= 0.6 is 35.0 Å². The highest BCUT2D eigenvalue weighted by atomic mass is 35.5. The number of benzene rings is 2. The van der Waals surface area contributed by atoms with Crippen molar-refractivity contribution in [2.24, 2.45) is 0 Å². The van der Waals surface area contributed by atoms with Gasteiger partial charge in [0.25, 0.3) is 0 Å². The van der Waals surface area contributed by atoms with E-state index >= 15 is 0 Å². The third-order valence-electron chi connectivity index (χ3n) is 4.16. The van der Waals surface area contributed by atoms with Gasteiger partial charge in [0, 0.05) is 21.4 Å². The van der Waals surface area contributed by atoms with Gasteiger partial charge in [-0.2, -0.15) is 9.61 Å². The van der Waals surface area contributed by atoms with E-state index in [2.05, 4.69) is 15.1 Å². The molecule has 0 fully saturated rings. The number of aromatic nitrogens is 4. The van der Waals surface area contributed by atoms with Crippen LogP contribution in [0.15, 0.2) is 52.4 Å². The van der Waals surface area contributed by atoms with Crippen LogP contribution in [0.5, 0.6) is 0 Å². The molecule has 0 saturated heterocycles. The van der Waals surface area contributed by atoms with Crippen molar-refractivity contribution in [1.29, 1.82) is 0 Å². The first-order chi connectivity index (χ1) is 13.4. The molecule has 5 nitrogen and oxygen atoms in total. The second-order valence-electron chi connectivity index (χ2n) is 6.07. The first-order valence-electron chi connectivity index (χ1n) is 8.24. The van der Waals surface area contributed by atoms with Crippen LogP contribution in [0, 0.1) is 12.7 Å². The third-order valence-corrected chi connectivity index (χ3v) is 5.67. The number of nitrogens with one attached hydrogen (secondary N) is 1. The van der Waals surface area contributed by atoms with E-state index in [-0.39, 0.29) is 5.82 Å². The Hall–Kier alpha value is -2.35. The number of rotatable bonds is 4. The lowest BCUT2D eigenvalue weighted by Crippen LogP contribution is -2.19. The highest BCUT2D eigenvalue weighted by Gasteiger charge is 2.16. The largest absolute Gasteiger partial charge is 0.350 e. The molecule has 2 aromatic heterocycles. The Kier molecular flexibility index (Phi) is 5.14. The number of aromatic amines is 1. The fourth-order valence-electron chi connectivity index (χ4n) is 2.84. The van der Waals surface area contributed by atoms with Crippen LogP contribution in [0.2, 0.25) is 10.0 Å². The van der Waals surface area contributed by atoms with E-state index < -0.39 is 5.69 Å². The Morgan fingerprint density at radius 3 is 2.64 bits per heavy atom. The molecule has 0 bridgehead atoms. The maximum Gasteiger partial charge on any atom is 0.350 e. The van der Waals surface area contributed by atoms with Crippen molar-refractivity contribution in [1.82, 2.24) is 19.6 Å². The average Bonchev–Trinajstić information content (AvgIpc) is 2.98. The van der Waals surface area contributed by atoms with Gasteiger partial charge in [-0.15, -0.1) is 0 Å². The highest BCUT2D eigenvalue weighted by molar-refractivity contribution is 7.98. The van der Waals surface area contributed by atoms with E-state index in [1.807, 2.05) is 6.07 Å². The summed E-state index contributed by atoms with van der Waals surface area (Å²) in [5.41, 5.74) is 2.96. The maximum atomic E-state index is 13.3. The molecular weight excluding hydrogens is 422 g/mol. The van der Waals surface area contributed by atoms with Crippen molar-refractivity contribution in [2.75, 3.05) is 0 Å². The van der Waals surface area contributed by atoms with Gasteiger partial charge in [-0.3, -0.25) is 4.98 Å². The van der Waals surface area contributed by atoms with Crippen LogP contribution in [0.4, 0.5) is 4.39 Å². The van der Waals surface area contributed by atoms with Crippen molar-refractivity contribution in [2.45, 2.75) is 17.8 Å². The molecule has 2 heterocycles. The summed E-state index contributed by atoms with van der Waals surface area (Å²) in [5.74, 6) is 0.175. The van der Waals surface area contributed by atoms with Crippen molar-refractivity contribution in [3.63, 3.8) is 0 Å². The van der Waals surface area contributed by atoms with Crippen LogP contribution in [0.3, 0.4) is 0 Å². The molecule has 1 N–H and O–H groups in total. The van der Waals surface area contributed by atoms with Crippen LogP contribution in [0.1, 0.15) is 11.3 Å². The second kappa shape index (κ2) is 7.58. The summed E-state index contributed by atoms with van der Waals surface area (Å²) in [5, 5.41) is 5.82. The summed E-state index contributed by atoms with van der Waals surface area (Å²) in [6.45, 7) is 1.78. The molecule has 0 aliphatic carbocycles. The van der Waals surface area contributed by atoms with Gasteiger partial charge in [-0.05, 0) is 42.3 Å². The zero-order valence-corrected chi connectivity index (χ0v) is 16.9. The van der Waals surface area contributed by atoms with Crippen LogP contribution in [0.25, 0.3) is 16.8 Å². The molecule has 0 aliphatic rings. The smallest absolute Gasteiger partial charge is 0.285 e. The lowest BCUT2D eigenvalue weighted by atomic mass is 10.1. The van der Waals surface area contributed by atoms with E-state index in [1.165, 1.54) is 28.4 Å². The molecule has 4 aromatic rings. The lowest BCUT2D eigenvalue weighted by molar-refractivity contribution is 0.628. The molecule has 0 spiro atoms. The number of hydrogen-bond donors (Lipinski definition) is 1. The molecule has 0 atom stereocenters. The maximum absolute atomic E-state index is 13.3. The SMILES string of the molecule is Cc1nn2c(=O)[nH]c(SCc3ccc(Cl)cc3Cl)nc2c1-c1ccc(F)cc1. The zero-order chi connectivity index (χ0) is 19.8. The van der Waals surface area contributed by atoms with Crippen LogP contribution < -0.4 is 5.69 Å². The number of H-pyrrole nitrogens is 1. The van der Waals surface area contributed by atoms with E-state index in [9.17, 15) is 9.18 Å². The van der Waals surface area contributed by atoms with E-state index in [0.717, 1.165) is 11.1 Å². The first kappa shape index (κ1) is 19.0. The second-order valence-corrected chi connectivity index (χ2v) is 7.88. The van der Waals surface area contributed by atoms with E-state index in [1.54, 1.807) is 31.2 Å². The van der Waals surface area contributed by atoms with E-state index in [4.69, 9.17) is 23.2 Å². The summed E-state index contributed by atoms with van der Waals surface area (Å²) in [4.78, 5) is 19.7. The molecule has 9 heteroatoms. The van der Waals surface area contributed by atoms with Gasteiger partial charge in [0.2, 0.25) is 0 Å². The standard InChI is InChI=1S/C19H13Cl2FN4OS/c1-10-16(11-3-6-14(22)7-4-11)17-23-18(24-19(27)26(17)25-10)28-9-12-2-5-13(20)8-15(12)21/h2-8H,9H2,1H3,(H,23,24,27). The summed E-state index contributed by atoms with van der Waals surface area (Å²) < 4.78 is 14.5. The predicted octanol–water partition coefficient (Wildman–Crippen LogP) is 5.13. The lowest BCUT2D eigenvalue weighted by Gasteiger charge is -2.05. The summed E-state index contributed by atoms with van der Waals surface area (Å²) in [6.07, 6.45) is 0. The van der Waals surface area contributed by atoms with Gasteiger partial charge in [0.1, 0.15) is 5.82 Å². The Labute approximate surface area is 173 Å². The van der Waals surface area contributed by atoms with Crippen molar-refractivity contribution >= 4 is 40.6 Å². The molecule has 0 aliphatic heterocycles. The topological polar surface area (TPSA) is 63.1 Å². The molecule has 0 radical (unpaired) electrons. The number of hydrogen-bond acceptors (Lipinski definition) is 4. The number of thioether (sulfide) groups is 1. The van der Waals surface area contributed by atoms with Gasteiger partial charge >= 0.3 is 5.69 Å². The van der Waals surface area contributed by atoms with Gasteiger partial charge < -0.3 is 0 Å². The Bertz CT molecular complexity index is 1240. The van der Waals surface area contributed by atoms with Gasteiger partial charge in [-0.25, -0.2) is 14.2 Å². The van der Waals surface area contributed by atoms with Gasteiger partial charge in [-0.1, -0.05) is 53.2 Å². The monoisotopic (exact) mass is 434 g/mol. The molecular formula is C19H13Cl2FN4OS. The minimum absolute atomic E-state index is 0.334. The minimum atomic E-state index is -0.397. The van der Waals surface area contributed by atoms with Crippen LogP contribution in [-0.2, 0) is 5.75 Å². The number of aryl methyl sites for hydroxylation is 1. The Morgan fingerprint density at radius 1 is 1.18 bits per heavy atom. The summed E-state index contributed by atoms with van der Waals surface area (Å²) in [6, 6.07) is 11.3. The summed E-state index contributed by atoms with van der Waals surface area (Å²) in [7, 11) is 0. The zero-order valence-electron chi connectivity index (χ0n) is 14.5. The molecule has 0 amide bonds. The molecule has 4 rings (SSSR count). The number of fused-ring (bicyclic) bond motifs is 1. The fraction of sp³-hybridized carbons (Fsp3) is 0.105. The summed E-state index contributed by atoms with van der Waals surface area (Å²) >= 11 is 13.5. The van der Waals surface area contributed by atoms with Crippen LogP contribution in [-0.4, -0.2) is 19.6 Å². The Balaban J connectivity index is 1.73. The minimum Gasteiger partial charge on any atom is -0.285 e. The van der Waals surface area contributed by atoms with Crippen molar-refractivity contribution < 1.29 is 4.39 Å². The van der Waals surface area contributed by atoms with Crippen molar-refractivity contribution in [3.8, 4) is 11.1 Å². The fourth-order valence-corrected chi connectivity index (χ4v) is 4.25. The average molecular weight is 435 g/mol. The van der Waals surface area contributed by atoms with Gasteiger partial charge in [0.15, 0.2) is 10.8 Å². The first-order valence-corrected chi connectivity index (χ1v) is 9.99. The quantitative estimate of drug-likeness (QED) is 0.452. The Morgan fingerprint density at radius 2 is 1.93 bits per heavy atom. The normalized spacial score (nSPS) is 11.3. The molecule has 2 aromatic carbocycles. The highest BCUT2D eigenvalue weighted by Crippen LogP contribution is 2.29. The molecule has 28 heavy (non-hydrogen) atoms. The van der Waals surface area contributed by atoms with Gasteiger partial charge in [0.05, 0.1) is 5.69 Å². The molecule has 0 unspecified atom stereocenters. The number of halogens is 3.